The van der Waals surface area contributed by atoms with E-state index in [0.717, 1.165) is 11.3 Å². The van der Waals surface area contributed by atoms with Crippen LogP contribution in [0.4, 0.5) is 5.69 Å². The summed E-state index contributed by atoms with van der Waals surface area (Å²) in [6.07, 6.45) is 0.160. The Morgan fingerprint density at radius 3 is 2.94 bits per heavy atom. The number of amides is 2. The lowest BCUT2D eigenvalue weighted by molar-refractivity contribution is -0.123. The van der Waals surface area contributed by atoms with E-state index < -0.39 is 5.91 Å². The van der Waals surface area contributed by atoms with E-state index in [2.05, 4.69) is 10.6 Å². The minimum absolute atomic E-state index is 0.0683. The van der Waals surface area contributed by atoms with E-state index in [1.165, 1.54) is 0 Å². The van der Waals surface area contributed by atoms with Gasteiger partial charge < -0.3 is 16.4 Å². The third kappa shape index (κ3) is 2.61. The van der Waals surface area contributed by atoms with Gasteiger partial charge in [-0.05, 0) is 18.6 Å². The number of para-hydroxylation sites is 1. The summed E-state index contributed by atoms with van der Waals surface area (Å²) >= 11 is 0. The number of hydrogen-bond acceptors (Lipinski definition) is 3. The Bertz CT molecular complexity index is 473. The summed E-state index contributed by atoms with van der Waals surface area (Å²) in [4.78, 5) is 22.9. The lowest BCUT2D eigenvalue weighted by Gasteiger charge is -2.16. The van der Waals surface area contributed by atoms with Crippen molar-refractivity contribution >= 4 is 17.5 Å². The van der Waals surface area contributed by atoms with E-state index in [0.29, 0.717) is 6.54 Å². The monoisotopic (exact) mass is 247 g/mol. The zero-order valence-corrected chi connectivity index (χ0v) is 10.3. The fraction of sp³-hybridized carbons (Fsp3) is 0.385. The van der Waals surface area contributed by atoms with Crippen LogP contribution in [0.3, 0.4) is 0 Å². The van der Waals surface area contributed by atoms with Crippen LogP contribution in [0.15, 0.2) is 24.3 Å². The first kappa shape index (κ1) is 12.4. The Morgan fingerprint density at radius 1 is 1.50 bits per heavy atom. The second-order valence-corrected chi connectivity index (χ2v) is 4.60. The number of anilines is 1. The number of primary amides is 1. The molecule has 1 aromatic carbocycles. The molecule has 2 unspecified atom stereocenters. The van der Waals surface area contributed by atoms with Crippen molar-refractivity contribution in [2.24, 2.45) is 5.73 Å². The number of rotatable bonds is 4. The zero-order valence-electron chi connectivity index (χ0n) is 10.3. The molecule has 5 heteroatoms. The van der Waals surface area contributed by atoms with Gasteiger partial charge in [-0.15, -0.1) is 0 Å². The molecule has 0 spiro atoms. The van der Waals surface area contributed by atoms with Gasteiger partial charge in [0, 0.05) is 24.7 Å². The average molecular weight is 247 g/mol. The molecule has 2 amide bonds. The summed E-state index contributed by atoms with van der Waals surface area (Å²) in [5.74, 6) is -0.675. The Morgan fingerprint density at radius 2 is 2.22 bits per heavy atom. The van der Waals surface area contributed by atoms with E-state index in [1.807, 2.05) is 24.3 Å². The standard InChI is InChI=1S/C13H17N3O2/c1-8(6-12(14)17)16-13(18)10-7-15-11-5-3-2-4-9(10)11/h2-5,8,10,15H,6-7H2,1H3,(H2,14,17)(H,16,18). The molecule has 2 atom stereocenters. The quantitative estimate of drug-likeness (QED) is 0.727. The molecule has 0 saturated carbocycles. The van der Waals surface area contributed by atoms with Crippen molar-refractivity contribution in [2.45, 2.75) is 25.3 Å². The highest BCUT2D eigenvalue weighted by atomic mass is 16.2. The van der Waals surface area contributed by atoms with Crippen molar-refractivity contribution in [3.8, 4) is 0 Å². The SMILES string of the molecule is CC(CC(N)=O)NC(=O)C1CNc2ccccc21. The van der Waals surface area contributed by atoms with Crippen molar-refractivity contribution in [3.63, 3.8) is 0 Å². The van der Waals surface area contributed by atoms with E-state index in [1.54, 1.807) is 6.92 Å². The highest BCUT2D eigenvalue weighted by molar-refractivity contribution is 5.88. The van der Waals surface area contributed by atoms with Gasteiger partial charge in [0.25, 0.3) is 0 Å². The molecule has 0 aliphatic carbocycles. The Balaban J connectivity index is 2.01. The summed E-state index contributed by atoms with van der Waals surface area (Å²) in [6.45, 7) is 2.37. The lowest BCUT2D eigenvalue weighted by Crippen LogP contribution is -2.39. The van der Waals surface area contributed by atoms with Gasteiger partial charge in [0.1, 0.15) is 0 Å². The molecule has 18 heavy (non-hydrogen) atoms. The maximum absolute atomic E-state index is 12.1. The van der Waals surface area contributed by atoms with Crippen LogP contribution >= 0.6 is 0 Å². The fourth-order valence-electron chi connectivity index (χ4n) is 2.21. The smallest absolute Gasteiger partial charge is 0.229 e. The molecule has 0 fully saturated rings. The molecular formula is C13H17N3O2. The van der Waals surface area contributed by atoms with Gasteiger partial charge in [0.05, 0.1) is 5.92 Å². The minimum atomic E-state index is -0.409. The van der Waals surface area contributed by atoms with Gasteiger partial charge in [0.15, 0.2) is 0 Å². The lowest BCUT2D eigenvalue weighted by atomic mass is 10.00. The Hall–Kier alpha value is -2.04. The highest BCUT2D eigenvalue weighted by Crippen LogP contribution is 2.31. The van der Waals surface area contributed by atoms with Crippen molar-refractivity contribution in [3.05, 3.63) is 29.8 Å². The molecule has 1 aromatic rings. The van der Waals surface area contributed by atoms with Crippen LogP contribution in [0.25, 0.3) is 0 Å². The molecule has 1 aliphatic heterocycles. The van der Waals surface area contributed by atoms with E-state index in [-0.39, 0.29) is 24.3 Å². The van der Waals surface area contributed by atoms with Crippen LogP contribution in [0.1, 0.15) is 24.8 Å². The predicted molar refractivity (Wildman–Crippen MR) is 69.1 cm³/mol. The maximum Gasteiger partial charge on any atom is 0.229 e. The van der Waals surface area contributed by atoms with Gasteiger partial charge in [-0.25, -0.2) is 0 Å². The molecule has 1 aliphatic rings. The molecule has 1 heterocycles. The topological polar surface area (TPSA) is 84.2 Å². The van der Waals surface area contributed by atoms with Crippen LogP contribution in [0, 0.1) is 0 Å². The van der Waals surface area contributed by atoms with E-state index in [4.69, 9.17) is 5.73 Å². The summed E-state index contributed by atoms with van der Waals surface area (Å²) in [7, 11) is 0. The number of benzene rings is 1. The number of carbonyl (C=O) groups is 2. The molecule has 0 radical (unpaired) electrons. The maximum atomic E-state index is 12.1. The molecule has 0 bridgehead atoms. The molecule has 0 saturated heterocycles. The summed E-state index contributed by atoms with van der Waals surface area (Å²) in [5, 5.41) is 6.01. The third-order valence-electron chi connectivity index (χ3n) is 3.05. The van der Waals surface area contributed by atoms with Gasteiger partial charge in [-0.3, -0.25) is 9.59 Å². The third-order valence-corrected chi connectivity index (χ3v) is 3.05. The van der Waals surface area contributed by atoms with Gasteiger partial charge in [-0.1, -0.05) is 18.2 Å². The van der Waals surface area contributed by atoms with Crippen LogP contribution in [-0.2, 0) is 9.59 Å². The average Bonchev–Trinajstić information content (AvgIpc) is 2.71. The molecule has 4 N–H and O–H groups in total. The van der Waals surface area contributed by atoms with Crippen molar-refractivity contribution in [1.29, 1.82) is 0 Å². The number of fused-ring (bicyclic) bond motifs is 1. The Labute approximate surface area is 106 Å². The fourth-order valence-corrected chi connectivity index (χ4v) is 2.21. The first-order valence-corrected chi connectivity index (χ1v) is 5.99. The number of carbonyl (C=O) groups excluding carboxylic acids is 2. The normalized spacial score (nSPS) is 18.6. The highest BCUT2D eigenvalue weighted by Gasteiger charge is 2.28. The summed E-state index contributed by atoms with van der Waals surface area (Å²) in [5.41, 5.74) is 7.10. The number of nitrogens with one attached hydrogen (secondary N) is 2. The van der Waals surface area contributed by atoms with E-state index in [9.17, 15) is 9.59 Å². The minimum Gasteiger partial charge on any atom is -0.384 e. The van der Waals surface area contributed by atoms with Crippen LogP contribution in [0.5, 0.6) is 0 Å². The largest absolute Gasteiger partial charge is 0.384 e. The first-order valence-electron chi connectivity index (χ1n) is 5.99. The van der Waals surface area contributed by atoms with Crippen LogP contribution in [0.2, 0.25) is 0 Å². The molecule has 5 nitrogen and oxygen atoms in total. The van der Waals surface area contributed by atoms with Crippen LogP contribution < -0.4 is 16.4 Å². The summed E-state index contributed by atoms with van der Waals surface area (Å²) < 4.78 is 0. The number of hydrogen-bond donors (Lipinski definition) is 3. The number of nitrogens with two attached hydrogens (primary N) is 1. The van der Waals surface area contributed by atoms with Gasteiger partial charge in [0.2, 0.25) is 11.8 Å². The van der Waals surface area contributed by atoms with Crippen molar-refractivity contribution in [1.82, 2.24) is 5.32 Å². The Kier molecular flexibility index (Phi) is 3.50. The van der Waals surface area contributed by atoms with Crippen LogP contribution in [-0.4, -0.2) is 24.4 Å². The molecular weight excluding hydrogens is 230 g/mol. The predicted octanol–water partition coefficient (Wildman–Crippen LogP) is 0.576. The summed E-state index contributed by atoms with van der Waals surface area (Å²) in [6, 6.07) is 7.51. The molecule has 0 aromatic heterocycles. The second kappa shape index (κ2) is 5.08. The van der Waals surface area contributed by atoms with Crippen molar-refractivity contribution < 1.29 is 9.59 Å². The van der Waals surface area contributed by atoms with Gasteiger partial charge >= 0.3 is 0 Å². The second-order valence-electron chi connectivity index (χ2n) is 4.60. The van der Waals surface area contributed by atoms with E-state index >= 15 is 0 Å². The molecule has 96 valence electrons. The molecule has 2 rings (SSSR count). The zero-order chi connectivity index (χ0) is 13.1. The van der Waals surface area contributed by atoms with Gasteiger partial charge in [-0.2, -0.15) is 0 Å². The first-order chi connectivity index (χ1) is 8.58. The van der Waals surface area contributed by atoms with Crippen molar-refractivity contribution in [2.75, 3.05) is 11.9 Å².